The number of hydrogen-bond acceptors (Lipinski definition) is 8. The maximum atomic E-state index is 14.4. The fourth-order valence-electron chi connectivity index (χ4n) is 3.81. The first-order valence-corrected chi connectivity index (χ1v) is 10.9. The highest BCUT2D eigenvalue weighted by Crippen LogP contribution is 2.45. The summed E-state index contributed by atoms with van der Waals surface area (Å²) >= 11 is 0. The molecule has 0 bridgehead atoms. The minimum absolute atomic E-state index is 0.218. The number of methoxy groups -OCH3 is 5. The molecule has 0 saturated carbocycles. The molecule has 0 radical (unpaired) electrons. The lowest BCUT2D eigenvalue weighted by Gasteiger charge is -2.34. The van der Waals surface area contributed by atoms with E-state index in [0.29, 0.717) is 11.3 Å². The Morgan fingerprint density at radius 2 is 1.46 bits per heavy atom. The van der Waals surface area contributed by atoms with Crippen molar-refractivity contribution in [2.24, 2.45) is 0 Å². The summed E-state index contributed by atoms with van der Waals surface area (Å²) in [6.07, 6.45) is -4.05. The third-order valence-electron chi connectivity index (χ3n) is 5.70. The summed E-state index contributed by atoms with van der Waals surface area (Å²) in [5, 5.41) is 0. The molecule has 2 rings (SSSR count). The van der Waals surface area contributed by atoms with E-state index in [1.165, 1.54) is 64.7 Å². The number of hydrogen-bond donors (Lipinski definition) is 0. The summed E-state index contributed by atoms with van der Waals surface area (Å²) < 4.78 is 74.1. The van der Waals surface area contributed by atoms with Gasteiger partial charge in [0, 0.05) is 42.4 Å². The summed E-state index contributed by atoms with van der Waals surface area (Å²) in [5.74, 6) is -2.63. The van der Waals surface area contributed by atoms with Crippen LogP contribution in [-0.4, -0.2) is 59.8 Å². The van der Waals surface area contributed by atoms with Crippen LogP contribution in [0.25, 0.3) is 0 Å². The van der Waals surface area contributed by atoms with E-state index >= 15 is 0 Å². The molecule has 0 fully saturated rings. The number of benzene rings is 2. The van der Waals surface area contributed by atoms with Crippen LogP contribution >= 0.6 is 0 Å². The van der Waals surface area contributed by atoms with Gasteiger partial charge < -0.3 is 28.4 Å². The molecule has 11 heteroatoms. The highest BCUT2D eigenvalue weighted by molar-refractivity contribution is 5.83. The highest BCUT2D eigenvalue weighted by atomic mass is 19.4. The van der Waals surface area contributed by atoms with Gasteiger partial charge in [-0.2, -0.15) is 13.2 Å². The van der Waals surface area contributed by atoms with Crippen molar-refractivity contribution in [3.05, 3.63) is 65.7 Å². The highest BCUT2D eigenvalue weighted by Gasteiger charge is 2.64. The van der Waals surface area contributed by atoms with Crippen molar-refractivity contribution in [1.29, 1.82) is 0 Å². The molecular weight excluding hydrogens is 497 g/mol. The summed E-state index contributed by atoms with van der Waals surface area (Å²) in [4.78, 5) is 25.1. The van der Waals surface area contributed by atoms with Crippen molar-refractivity contribution in [3.63, 3.8) is 0 Å². The molecule has 0 amide bonds. The van der Waals surface area contributed by atoms with E-state index in [4.69, 9.17) is 23.7 Å². The number of esters is 2. The van der Waals surface area contributed by atoms with Gasteiger partial charge in [0.15, 0.2) is 0 Å². The van der Waals surface area contributed by atoms with Gasteiger partial charge in [-0.3, -0.25) is 0 Å². The summed E-state index contributed by atoms with van der Waals surface area (Å²) in [6, 6.07) is 9.47. The Kier molecular flexibility index (Phi) is 9.96. The molecule has 0 spiro atoms. The molecule has 0 aromatic heterocycles. The second-order valence-electron chi connectivity index (χ2n) is 7.71. The number of alkyl halides is 3. The molecule has 37 heavy (non-hydrogen) atoms. The Bertz CT molecular complexity index is 1080. The van der Waals surface area contributed by atoms with Crippen molar-refractivity contribution in [1.82, 2.24) is 0 Å². The van der Waals surface area contributed by atoms with E-state index in [1.807, 2.05) is 0 Å². The molecule has 0 aliphatic carbocycles. The number of halogens is 3. The van der Waals surface area contributed by atoms with Crippen molar-refractivity contribution >= 4 is 11.9 Å². The fraction of sp³-hybridized carbons (Fsp3) is 0.385. The molecule has 2 aromatic carbocycles. The summed E-state index contributed by atoms with van der Waals surface area (Å²) in [7, 11) is 6.10. The minimum atomic E-state index is -5.16. The predicted molar refractivity (Wildman–Crippen MR) is 127 cm³/mol. The molecule has 8 nitrogen and oxygen atoms in total. The molecule has 0 N–H and O–H groups in total. The summed E-state index contributed by atoms with van der Waals surface area (Å²) in [6.45, 7) is 1.37. The van der Waals surface area contributed by atoms with Gasteiger partial charge in [-0.15, -0.1) is 0 Å². The molecule has 3 atom stereocenters. The first-order chi connectivity index (χ1) is 17.5. The number of rotatable bonds is 11. The van der Waals surface area contributed by atoms with Crippen molar-refractivity contribution < 1.29 is 51.2 Å². The Balaban J connectivity index is 2.64. The lowest BCUT2D eigenvalue weighted by atomic mass is 9.90. The van der Waals surface area contributed by atoms with Crippen LogP contribution in [0.4, 0.5) is 13.2 Å². The van der Waals surface area contributed by atoms with Gasteiger partial charge in [0.2, 0.25) is 0 Å². The zero-order chi connectivity index (χ0) is 27.8. The second-order valence-corrected chi connectivity index (χ2v) is 7.71. The Labute approximate surface area is 212 Å². The monoisotopic (exact) mass is 526 g/mol. The van der Waals surface area contributed by atoms with Crippen molar-refractivity contribution in [3.8, 4) is 17.2 Å². The molecule has 0 unspecified atom stereocenters. The summed E-state index contributed by atoms with van der Waals surface area (Å²) in [5.41, 5.74) is -3.56. The van der Waals surface area contributed by atoms with Gasteiger partial charge in [-0.1, -0.05) is 36.4 Å². The van der Waals surface area contributed by atoms with Crippen LogP contribution in [-0.2, 0) is 29.4 Å². The van der Waals surface area contributed by atoms with Gasteiger partial charge in [-0.05, 0) is 6.92 Å². The van der Waals surface area contributed by atoms with Crippen LogP contribution in [0.2, 0.25) is 0 Å². The Hall–Kier alpha value is -3.73. The van der Waals surface area contributed by atoms with E-state index in [0.717, 1.165) is 32.4 Å². The average molecular weight is 527 g/mol. The van der Waals surface area contributed by atoms with E-state index in [2.05, 4.69) is 4.74 Å². The lowest BCUT2D eigenvalue weighted by Crippen LogP contribution is -2.52. The van der Waals surface area contributed by atoms with Crippen LogP contribution in [0.3, 0.4) is 0 Å². The first-order valence-electron chi connectivity index (χ1n) is 10.9. The fourth-order valence-corrected chi connectivity index (χ4v) is 3.81. The molecule has 202 valence electrons. The molecule has 0 heterocycles. The standard InChI is InChI=1S/C26H29F3O8/c1-16(37-24(31)25(36-6,26(27,28)29)17-10-8-7-9-11-17)19(12-13-22(30)35-5)23-20(33-3)14-18(32-2)15-21(23)34-4/h7-16,19H,1-6H3/b13-12+/t16-,19+,25+/m0/s1. The third-order valence-corrected chi connectivity index (χ3v) is 5.70. The topological polar surface area (TPSA) is 89.5 Å². The van der Waals surface area contributed by atoms with Crippen molar-refractivity contribution in [2.75, 3.05) is 35.5 Å². The lowest BCUT2D eigenvalue weighted by molar-refractivity contribution is -0.278. The van der Waals surface area contributed by atoms with Crippen molar-refractivity contribution in [2.45, 2.75) is 30.7 Å². The Morgan fingerprint density at radius 1 is 0.892 bits per heavy atom. The van der Waals surface area contributed by atoms with Gasteiger partial charge in [-0.25, -0.2) is 9.59 Å². The number of carbonyl (C=O) groups is 2. The second kappa shape index (κ2) is 12.5. The zero-order valence-electron chi connectivity index (χ0n) is 21.3. The van der Waals surface area contributed by atoms with Crippen LogP contribution in [0.5, 0.6) is 17.2 Å². The molecule has 0 aliphatic rings. The molecule has 2 aromatic rings. The molecule has 0 aliphatic heterocycles. The van der Waals surface area contributed by atoms with Crippen LogP contribution in [0.1, 0.15) is 24.0 Å². The molecule has 0 saturated heterocycles. The van der Waals surface area contributed by atoms with E-state index in [1.54, 1.807) is 0 Å². The van der Waals surface area contributed by atoms with Gasteiger partial charge in [0.25, 0.3) is 5.60 Å². The van der Waals surface area contributed by atoms with Gasteiger partial charge in [0.05, 0.1) is 28.4 Å². The largest absolute Gasteiger partial charge is 0.496 e. The molecular formula is C26H29F3O8. The average Bonchev–Trinajstić information content (AvgIpc) is 2.88. The zero-order valence-corrected chi connectivity index (χ0v) is 21.3. The maximum Gasteiger partial charge on any atom is 0.432 e. The van der Waals surface area contributed by atoms with Crippen LogP contribution < -0.4 is 14.2 Å². The number of ether oxygens (including phenoxy) is 6. The quantitative estimate of drug-likeness (QED) is 0.311. The van der Waals surface area contributed by atoms with Gasteiger partial charge >= 0.3 is 18.1 Å². The Morgan fingerprint density at radius 3 is 1.89 bits per heavy atom. The van der Waals surface area contributed by atoms with E-state index in [-0.39, 0.29) is 11.5 Å². The normalized spacial score (nSPS) is 14.8. The van der Waals surface area contributed by atoms with Crippen LogP contribution in [0.15, 0.2) is 54.6 Å². The minimum Gasteiger partial charge on any atom is -0.496 e. The first kappa shape index (κ1) is 29.5. The smallest absolute Gasteiger partial charge is 0.432 e. The number of carbonyl (C=O) groups excluding carboxylic acids is 2. The maximum absolute atomic E-state index is 14.4. The van der Waals surface area contributed by atoms with Gasteiger partial charge in [0.1, 0.15) is 23.4 Å². The third kappa shape index (κ3) is 6.16. The van der Waals surface area contributed by atoms with E-state index < -0.39 is 41.3 Å². The van der Waals surface area contributed by atoms with E-state index in [9.17, 15) is 22.8 Å². The van der Waals surface area contributed by atoms with Crippen LogP contribution in [0, 0.1) is 0 Å². The predicted octanol–water partition coefficient (Wildman–Crippen LogP) is 4.56. The SMILES string of the molecule is COC(=O)/C=C/[C@@H](c1c(OC)cc(OC)cc1OC)[C@H](C)OC(=O)[C@](OC)(c1ccccc1)C(F)(F)F.